The Labute approximate surface area is 156 Å². The minimum atomic E-state index is -0.532. The van der Waals surface area contributed by atoms with E-state index >= 15 is 0 Å². The van der Waals surface area contributed by atoms with Crippen LogP contribution in [-0.4, -0.2) is 11.1 Å². The van der Waals surface area contributed by atoms with E-state index in [-0.39, 0.29) is 16.4 Å². The molecule has 0 bridgehead atoms. The molecule has 0 atom stereocenters. The highest BCUT2D eigenvalue weighted by molar-refractivity contribution is 6.68. The number of carbonyl (C=O) groups is 1. The van der Waals surface area contributed by atoms with Crippen LogP contribution < -0.4 is 16.4 Å². The third-order valence-electron chi connectivity index (χ3n) is 3.17. The molecule has 130 valence electrons. The highest BCUT2D eigenvalue weighted by Crippen LogP contribution is 2.22. The summed E-state index contributed by atoms with van der Waals surface area (Å²) in [6.45, 7) is 5.63. The molecule has 1 amide bonds. The van der Waals surface area contributed by atoms with E-state index in [0.717, 1.165) is 11.1 Å². The van der Waals surface area contributed by atoms with E-state index in [1.807, 2.05) is 19.9 Å². The van der Waals surface area contributed by atoms with Crippen LogP contribution in [0.2, 0.25) is 10.0 Å². The smallest absolute Gasteiger partial charge is 0.273 e. The van der Waals surface area contributed by atoms with Crippen LogP contribution in [0.4, 0.5) is 0 Å². The van der Waals surface area contributed by atoms with E-state index in [2.05, 4.69) is 10.6 Å². The summed E-state index contributed by atoms with van der Waals surface area (Å²) in [5.74, 6) is -0.0151. The fourth-order valence-electron chi connectivity index (χ4n) is 1.66. The van der Waals surface area contributed by atoms with Gasteiger partial charge in [0.2, 0.25) is 0 Å². The zero-order chi connectivity index (χ0) is 18.4. The number of carbonyl (C=O) groups excluding carboxylic acids is 1. The first kappa shape index (κ1) is 20.4. The Hall–Kier alpha value is -1.69. The molecule has 1 rings (SSSR count). The van der Waals surface area contributed by atoms with Crippen LogP contribution in [-0.2, 0) is 11.3 Å². The number of hydrogen-bond acceptors (Lipinski definition) is 4. The van der Waals surface area contributed by atoms with Crippen LogP contribution in [0.25, 0.3) is 0 Å². The van der Waals surface area contributed by atoms with Gasteiger partial charge in [0, 0.05) is 12.1 Å². The lowest BCUT2D eigenvalue weighted by molar-refractivity contribution is -0.117. The largest absolute Gasteiger partial charge is 0.394 e. The van der Waals surface area contributed by atoms with E-state index in [0.29, 0.717) is 22.4 Å². The second-order valence-corrected chi connectivity index (χ2v) is 6.48. The van der Waals surface area contributed by atoms with Gasteiger partial charge in [0.15, 0.2) is 0 Å². The first-order valence-electron chi connectivity index (χ1n) is 7.00. The van der Waals surface area contributed by atoms with Crippen LogP contribution in [0.15, 0.2) is 40.9 Å². The molecule has 0 aliphatic carbocycles. The number of rotatable bonds is 6. The van der Waals surface area contributed by atoms with E-state index in [9.17, 15) is 4.79 Å². The lowest BCUT2D eigenvalue weighted by atomic mass is 10.2. The van der Waals surface area contributed by atoms with Crippen LogP contribution in [0.3, 0.4) is 0 Å². The molecular weight excluding hydrogens is 371 g/mol. The zero-order valence-electron chi connectivity index (χ0n) is 13.6. The van der Waals surface area contributed by atoms with Gasteiger partial charge in [-0.3, -0.25) is 10.2 Å². The minimum absolute atomic E-state index is 0.106. The molecular formula is C16H19Cl3N4O. The van der Waals surface area contributed by atoms with Gasteiger partial charge in [-0.25, -0.2) is 0 Å². The zero-order valence-corrected chi connectivity index (χ0v) is 15.8. The van der Waals surface area contributed by atoms with Crippen LogP contribution in [0.5, 0.6) is 0 Å². The molecule has 5 nitrogen and oxygen atoms in total. The number of hydrogen-bond donors (Lipinski definition) is 4. The normalized spacial score (nSPS) is 11.4. The van der Waals surface area contributed by atoms with Crippen LogP contribution >= 0.6 is 34.8 Å². The molecule has 0 heterocycles. The number of nitrogens with two attached hydrogens (primary N) is 1. The molecule has 0 aliphatic rings. The molecule has 1 aromatic rings. The Balaban J connectivity index is 2.84. The van der Waals surface area contributed by atoms with Crippen molar-refractivity contribution in [2.75, 3.05) is 0 Å². The summed E-state index contributed by atoms with van der Waals surface area (Å²) in [6.07, 6.45) is 0. The van der Waals surface area contributed by atoms with Gasteiger partial charge in [-0.1, -0.05) is 40.9 Å². The molecule has 0 saturated heterocycles. The van der Waals surface area contributed by atoms with Gasteiger partial charge in [-0.15, -0.1) is 0 Å². The van der Waals surface area contributed by atoms with Crippen molar-refractivity contribution in [3.63, 3.8) is 0 Å². The maximum atomic E-state index is 12.2. The molecule has 0 radical (unpaired) electrons. The fourth-order valence-corrected chi connectivity index (χ4v) is 2.08. The van der Waals surface area contributed by atoms with Crippen molar-refractivity contribution < 1.29 is 4.79 Å². The lowest BCUT2D eigenvalue weighted by Gasteiger charge is -2.16. The van der Waals surface area contributed by atoms with Gasteiger partial charge in [0.05, 0.1) is 10.0 Å². The molecule has 5 N–H and O–H groups in total. The number of nitrogens with one attached hydrogen (secondary N) is 3. The third kappa shape index (κ3) is 5.74. The summed E-state index contributed by atoms with van der Waals surface area (Å²) < 4.78 is 0. The number of amides is 1. The Kier molecular flexibility index (Phi) is 7.60. The van der Waals surface area contributed by atoms with Gasteiger partial charge in [0.1, 0.15) is 16.7 Å². The molecule has 0 saturated carbocycles. The molecule has 1 aromatic carbocycles. The Morgan fingerprint density at radius 1 is 1.21 bits per heavy atom. The van der Waals surface area contributed by atoms with Crippen molar-refractivity contribution in [2.45, 2.75) is 27.3 Å². The molecule has 0 unspecified atom stereocenters. The number of allylic oxidation sites excluding steroid dienone is 2. The van der Waals surface area contributed by atoms with Gasteiger partial charge >= 0.3 is 0 Å². The monoisotopic (exact) mass is 388 g/mol. The van der Waals surface area contributed by atoms with Crippen molar-refractivity contribution in [3.8, 4) is 0 Å². The number of halogens is 3. The Morgan fingerprint density at radius 3 is 2.33 bits per heavy atom. The average molecular weight is 390 g/mol. The summed E-state index contributed by atoms with van der Waals surface area (Å²) in [7, 11) is 0. The highest BCUT2D eigenvalue weighted by atomic mass is 35.5. The van der Waals surface area contributed by atoms with Gasteiger partial charge in [-0.05, 0) is 44.0 Å². The van der Waals surface area contributed by atoms with Crippen molar-refractivity contribution in [1.29, 1.82) is 5.41 Å². The summed E-state index contributed by atoms with van der Waals surface area (Å²) in [4.78, 5) is 12.2. The van der Waals surface area contributed by atoms with E-state index in [4.69, 9.17) is 45.9 Å². The third-order valence-corrected chi connectivity index (χ3v) is 4.19. The summed E-state index contributed by atoms with van der Waals surface area (Å²) in [6, 6.07) is 5.28. The van der Waals surface area contributed by atoms with Crippen molar-refractivity contribution in [2.24, 2.45) is 5.73 Å². The van der Waals surface area contributed by atoms with Crippen molar-refractivity contribution >= 4 is 45.9 Å². The minimum Gasteiger partial charge on any atom is -0.394 e. The standard InChI is InChI=1S/C16H19Cl3N4O/c1-8(2)15(23-16(24)13(20)9(3)14(19)21)22-7-10-4-5-11(17)12(18)6-10/h4-6,21-22H,7,20H2,1-3H3,(H,23,24)/b13-9-,21-14?. The highest BCUT2D eigenvalue weighted by Gasteiger charge is 2.13. The van der Waals surface area contributed by atoms with Gasteiger partial charge < -0.3 is 16.4 Å². The summed E-state index contributed by atoms with van der Waals surface area (Å²) in [5, 5.41) is 13.8. The average Bonchev–Trinajstić information content (AvgIpc) is 2.52. The van der Waals surface area contributed by atoms with Gasteiger partial charge in [-0.2, -0.15) is 0 Å². The predicted octanol–water partition coefficient (Wildman–Crippen LogP) is 3.90. The topological polar surface area (TPSA) is 91.0 Å². The molecule has 8 heteroatoms. The molecule has 0 spiro atoms. The van der Waals surface area contributed by atoms with Crippen molar-refractivity contribution in [3.05, 3.63) is 56.5 Å². The maximum absolute atomic E-state index is 12.2. The second-order valence-electron chi connectivity index (χ2n) is 5.28. The quantitative estimate of drug-likeness (QED) is 0.439. The second kappa shape index (κ2) is 8.97. The first-order chi connectivity index (χ1) is 11.1. The first-order valence-corrected chi connectivity index (χ1v) is 8.14. The maximum Gasteiger partial charge on any atom is 0.273 e. The molecule has 24 heavy (non-hydrogen) atoms. The van der Waals surface area contributed by atoms with Crippen LogP contribution in [0, 0.1) is 5.41 Å². The SMILES string of the molecule is CC(C)=C(NCc1ccc(Cl)c(Cl)c1)NC(=O)/C(N)=C(\C)C(=N)Cl. The Morgan fingerprint density at radius 2 is 1.83 bits per heavy atom. The molecule has 0 aliphatic heterocycles. The van der Waals surface area contributed by atoms with E-state index in [1.54, 1.807) is 12.1 Å². The number of benzene rings is 1. The summed E-state index contributed by atoms with van der Waals surface area (Å²) >= 11 is 17.4. The summed E-state index contributed by atoms with van der Waals surface area (Å²) in [5.41, 5.74) is 7.58. The van der Waals surface area contributed by atoms with E-state index in [1.165, 1.54) is 6.92 Å². The molecule has 0 aromatic heterocycles. The van der Waals surface area contributed by atoms with E-state index < -0.39 is 5.91 Å². The lowest BCUT2D eigenvalue weighted by Crippen LogP contribution is -2.35. The van der Waals surface area contributed by atoms with Crippen molar-refractivity contribution in [1.82, 2.24) is 10.6 Å². The fraction of sp³-hybridized carbons (Fsp3) is 0.250. The van der Waals surface area contributed by atoms with Gasteiger partial charge in [0.25, 0.3) is 5.91 Å². The van der Waals surface area contributed by atoms with Crippen LogP contribution in [0.1, 0.15) is 26.3 Å². The predicted molar refractivity (Wildman–Crippen MR) is 100 cm³/mol. The Bertz CT molecular complexity index is 722. The molecule has 0 fully saturated rings.